The Morgan fingerprint density at radius 1 is 1.12 bits per heavy atom. The van der Waals surface area contributed by atoms with E-state index in [-0.39, 0.29) is 0 Å². The molecule has 1 aromatic rings. The number of aliphatic hydroxyl groups is 2. The summed E-state index contributed by atoms with van der Waals surface area (Å²) in [6.07, 6.45) is 1.08. The lowest BCUT2D eigenvalue weighted by Gasteiger charge is -2.26. The van der Waals surface area contributed by atoms with Crippen LogP contribution in [-0.2, 0) is 9.13 Å². The molecule has 90 valence electrons. The predicted molar refractivity (Wildman–Crippen MR) is 52.9 cm³/mol. The van der Waals surface area contributed by atoms with Crippen molar-refractivity contribution >= 4 is 20.4 Å². The molecule has 1 aromatic heterocycles. The Balaban J connectivity index is 3.34. The molecular formula is C6H9NO7P2. The maximum Gasteiger partial charge on any atom is 0.395 e. The lowest BCUT2D eigenvalue weighted by atomic mass is 10.5. The quantitative estimate of drug-likeness (QED) is 0.337. The average Bonchev–Trinajstić information content (AvgIpc) is 2.17. The third-order valence-electron chi connectivity index (χ3n) is 1.76. The van der Waals surface area contributed by atoms with E-state index in [0.29, 0.717) is 0 Å². The first-order valence-corrected chi connectivity index (χ1v) is 7.13. The van der Waals surface area contributed by atoms with Gasteiger partial charge in [0.1, 0.15) is 5.44 Å². The zero-order valence-electron chi connectivity index (χ0n) is 7.70. The van der Waals surface area contributed by atoms with E-state index in [1.54, 1.807) is 0 Å². The second-order valence-electron chi connectivity index (χ2n) is 2.91. The summed E-state index contributed by atoms with van der Waals surface area (Å²) < 4.78 is 22.3. The molecule has 0 spiro atoms. The lowest BCUT2D eigenvalue weighted by Crippen LogP contribution is -2.33. The minimum absolute atomic E-state index is 0.705. The Morgan fingerprint density at radius 3 is 2.06 bits per heavy atom. The van der Waals surface area contributed by atoms with Gasteiger partial charge in [-0.15, -0.1) is 0 Å². The Morgan fingerprint density at radius 2 is 1.69 bits per heavy atom. The van der Waals surface area contributed by atoms with Crippen LogP contribution in [0.25, 0.3) is 0 Å². The molecule has 0 aromatic carbocycles. The van der Waals surface area contributed by atoms with Gasteiger partial charge in [0.25, 0.3) is 0 Å². The van der Waals surface area contributed by atoms with Crippen molar-refractivity contribution in [1.82, 2.24) is 4.98 Å². The second kappa shape index (κ2) is 4.01. The topological polar surface area (TPSA) is 148 Å². The highest BCUT2D eigenvalue weighted by molar-refractivity contribution is 7.79. The standard InChI is InChI=1S/C6H9NO7P2/c8-6(9,16(12,13)14)15(10,11)5-3-1-2-4-7-5/h1-4,8-9H,(H,10,11)(H2,12,13,14). The molecule has 0 fully saturated rings. The molecule has 0 aliphatic rings. The number of pyridine rings is 1. The van der Waals surface area contributed by atoms with E-state index in [0.717, 1.165) is 12.3 Å². The number of rotatable bonds is 3. The van der Waals surface area contributed by atoms with Gasteiger partial charge >= 0.3 is 20.2 Å². The van der Waals surface area contributed by atoms with Crippen LogP contribution in [0.4, 0.5) is 0 Å². The van der Waals surface area contributed by atoms with Crippen LogP contribution in [0.5, 0.6) is 0 Å². The third-order valence-corrected chi connectivity index (χ3v) is 5.83. The predicted octanol–water partition coefficient (Wildman–Crippen LogP) is -1.25. The highest BCUT2D eigenvalue weighted by atomic mass is 31.2. The molecule has 0 amide bonds. The van der Waals surface area contributed by atoms with Gasteiger partial charge in [-0.05, 0) is 12.1 Å². The van der Waals surface area contributed by atoms with E-state index in [4.69, 9.17) is 20.0 Å². The molecule has 0 aliphatic carbocycles. The molecule has 0 aliphatic heterocycles. The lowest BCUT2D eigenvalue weighted by molar-refractivity contribution is -0.0404. The average molecular weight is 269 g/mol. The molecule has 5 N–H and O–H groups in total. The Labute approximate surface area is 89.8 Å². The van der Waals surface area contributed by atoms with Gasteiger partial charge in [-0.3, -0.25) is 14.1 Å². The number of aromatic nitrogens is 1. The summed E-state index contributed by atoms with van der Waals surface area (Å²) >= 11 is 0. The molecule has 0 saturated heterocycles. The van der Waals surface area contributed by atoms with Crippen LogP contribution in [0.2, 0.25) is 0 Å². The fraction of sp³-hybridized carbons (Fsp3) is 0.167. The van der Waals surface area contributed by atoms with E-state index < -0.39 is 25.7 Å². The van der Waals surface area contributed by atoms with Crippen LogP contribution in [-0.4, -0.2) is 35.1 Å². The van der Waals surface area contributed by atoms with Crippen LogP contribution >= 0.6 is 15.0 Å². The maximum atomic E-state index is 11.6. The molecule has 8 nitrogen and oxygen atoms in total. The van der Waals surface area contributed by atoms with Crippen LogP contribution in [0.15, 0.2) is 24.4 Å². The summed E-state index contributed by atoms with van der Waals surface area (Å²) in [4.78, 5) is 29.9. The SMILES string of the molecule is O=P(O)(O)C(O)(O)P(=O)(O)c1ccccn1. The van der Waals surface area contributed by atoms with E-state index in [1.807, 2.05) is 0 Å². The van der Waals surface area contributed by atoms with Gasteiger partial charge in [0.15, 0.2) is 0 Å². The van der Waals surface area contributed by atoms with Crippen molar-refractivity contribution in [3.63, 3.8) is 0 Å². The Hall–Kier alpha value is -0.590. The van der Waals surface area contributed by atoms with E-state index in [1.165, 1.54) is 12.1 Å². The van der Waals surface area contributed by atoms with Crippen molar-refractivity contribution in [1.29, 1.82) is 0 Å². The Bertz CT molecular complexity index is 467. The molecule has 0 bridgehead atoms. The van der Waals surface area contributed by atoms with Gasteiger partial charge < -0.3 is 24.9 Å². The number of nitrogens with zero attached hydrogens (tertiary/aromatic N) is 1. The minimum Gasteiger partial charge on any atom is -0.348 e. The zero-order chi connectivity index (χ0) is 12.6. The zero-order valence-corrected chi connectivity index (χ0v) is 9.49. The first-order valence-electron chi connectivity index (χ1n) is 3.85. The van der Waals surface area contributed by atoms with Gasteiger partial charge in [-0.25, -0.2) is 0 Å². The number of hydrogen-bond donors (Lipinski definition) is 5. The van der Waals surface area contributed by atoms with Crippen LogP contribution < -0.4 is 5.44 Å². The molecule has 1 rings (SSSR count). The Kier molecular flexibility index (Phi) is 3.38. The number of hydrogen-bond acceptors (Lipinski definition) is 5. The minimum atomic E-state index is -5.60. The van der Waals surface area contributed by atoms with Crippen LogP contribution in [0, 0.1) is 0 Å². The summed E-state index contributed by atoms with van der Waals surface area (Å²) in [6.45, 7) is 0. The van der Waals surface area contributed by atoms with E-state index >= 15 is 0 Å². The highest BCUT2D eigenvalue weighted by Gasteiger charge is 2.60. The molecule has 1 unspecified atom stereocenters. The molecule has 0 radical (unpaired) electrons. The fourth-order valence-corrected chi connectivity index (χ4v) is 3.40. The van der Waals surface area contributed by atoms with Gasteiger partial charge in [0.05, 0.1) is 0 Å². The normalized spacial score (nSPS) is 16.8. The van der Waals surface area contributed by atoms with Crippen molar-refractivity contribution in [3.8, 4) is 0 Å². The monoisotopic (exact) mass is 269 g/mol. The second-order valence-corrected chi connectivity index (χ2v) is 7.21. The van der Waals surface area contributed by atoms with Crippen molar-refractivity contribution < 1.29 is 34.0 Å². The largest absolute Gasteiger partial charge is 0.395 e. The first-order chi connectivity index (χ1) is 7.11. The molecule has 0 saturated carbocycles. The molecule has 1 atom stereocenters. The summed E-state index contributed by atoms with van der Waals surface area (Å²) in [6, 6.07) is 3.61. The van der Waals surface area contributed by atoms with Gasteiger partial charge in [-0.1, -0.05) is 6.07 Å². The molecule has 1 heterocycles. The summed E-state index contributed by atoms with van der Waals surface area (Å²) in [5.41, 5.74) is -0.705. The molecule has 16 heavy (non-hydrogen) atoms. The van der Waals surface area contributed by atoms with Crippen molar-refractivity contribution in [2.24, 2.45) is 0 Å². The van der Waals surface area contributed by atoms with Gasteiger partial charge in [0, 0.05) is 6.20 Å². The van der Waals surface area contributed by atoms with Gasteiger partial charge in [-0.2, -0.15) is 0 Å². The van der Waals surface area contributed by atoms with E-state index in [9.17, 15) is 14.0 Å². The van der Waals surface area contributed by atoms with Crippen molar-refractivity contribution in [3.05, 3.63) is 24.4 Å². The van der Waals surface area contributed by atoms with Crippen molar-refractivity contribution in [2.45, 2.75) is 5.27 Å². The first kappa shape index (κ1) is 13.5. The highest BCUT2D eigenvalue weighted by Crippen LogP contribution is 2.66. The van der Waals surface area contributed by atoms with Crippen LogP contribution in [0.1, 0.15) is 0 Å². The summed E-state index contributed by atoms with van der Waals surface area (Å²) in [5, 5.41) is 14.1. The fourth-order valence-electron chi connectivity index (χ4n) is 0.863. The molecule has 10 heteroatoms. The molecular weight excluding hydrogens is 260 g/mol. The van der Waals surface area contributed by atoms with E-state index in [2.05, 4.69) is 4.98 Å². The van der Waals surface area contributed by atoms with Crippen molar-refractivity contribution in [2.75, 3.05) is 0 Å². The van der Waals surface area contributed by atoms with Crippen LogP contribution in [0.3, 0.4) is 0 Å². The summed E-state index contributed by atoms with van der Waals surface area (Å²) in [5.74, 6) is 0. The van der Waals surface area contributed by atoms with Gasteiger partial charge in [0.2, 0.25) is 0 Å². The maximum absolute atomic E-state index is 11.6. The summed E-state index contributed by atoms with van der Waals surface area (Å²) in [7, 11) is -10.7. The third kappa shape index (κ3) is 2.09. The smallest absolute Gasteiger partial charge is 0.348 e.